The quantitative estimate of drug-likeness (QED) is 0.838. The minimum atomic E-state index is 0.0357. The molecule has 1 aromatic rings. The first-order valence-corrected chi connectivity index (χ1v) is 9.67. The van der Waals surface area contributed by atoms with E-state index in [1.54, 1.807) is 12.4 Å². The molecular weight excluding hydrogens is 330 g/mol. The monoisotopic (exact) mass is 359 g/mol. The van der Waals surface area contributed by atoms with Crippen LogP contribution in [0.25, 0.3) is 0 Å². The molecule has 0 aliphatic carbocycles. The highest BCUT2D eigenvalue weighted by atomic mass is 16.3. The van der Waals surface area contributed by atoms with Gasteiger partial charge >= 0.3 is 0 Å². The standard InChI is InChI=1S/C20H29N3O3/c24-14-2-13-23-16-20(9-5-19(23)26)8-1-12-22(15-20)18(25)4-3-17-6-10-21-11-7-17/h6-7,10-11,24H,1-5,8-9,12-16H2/t20-/m0/s1. The van der Waals surface area contributed by atoms with Gasteiger partial charge in [-0.05, 0) is 49.8 Å². The number of aliphatic hydroxyl groups is 1. The number of aliphatic hydroxyl groups excluding tert-OH is 1. The highest BCUT2D eigenvalue weighted by Crippen LogP contribution is 2.39. The highest BCUT2D eigenvalue weighted by molar-refractivity contribution is 5.78. The predicted molar refractivity (Wildman–Crippen MR) is 98.3 cm³/mol. The zero-order valence-corrected chi connectivity index (χ0v) is 15.4. The summed E-state index contributed by atoms with van der Waals surface area (Å²) in [6, 6.07) is 3.91. The van der Waals surface area contributed by atoms with Gasteiger partial charge in [0.1, 0.15) is 0 Å². The van der Waals surface area contributed by atoms with Crippen LogP contribution in [0.4, 0.5) is 0 Å². The average molecular weight is 359 g/mol. The second-order valence-corrected chi connectivity index (χ2v) is 7.67. The van der Waals surface area contributed by atoms with E-state index in [9.17, 15) is 9.59 Å². The largest absolute Gasteiger partial charge is 0.396 e. The van der Waals surface area contributed by atoms with E-state index in [-0.39, 0.29) is 23.8 Å². The SMILES string of the molecule is O=C(CCc1ccncc1)N1CCC[C@]2(CCC(=O)N(CCCO)C2)C1. The Kier molecular flexibility index (Phi) is 6.25. The number of carbonyl (C=O) groups is 2. The molecule has 3 heterocycles. The van der Waals surface area contributed by atoms with Crippen molar-refractivity contribution < 1.29 is 14.7 Å². The second kappa shape index (κ2) is 8.62. The molecule has 1 spiro atoms. The summed E-state index contributed by atoms with van der Waals surface area (Å²) in [6.07, 6.45) is 8.91. The van der Waals surface area contributed by atoms with E-state index in [0.29, 0.717) is 25.8 Å². The Hall–Kier alpha value is -1.95. The lowest BCUT2D eigenvalue weighted by atomic mass is 9.73. The Morgan fingerprint density at radius 3 is 2.81 bits per heavy atom. The molecule has 0 unspecified atom stereocenters. The highest BCUT2D eigenvalue weighted by Gasteiger charge is 2.42. The summed E-state index contributed by atoms with van der Waals surface area (Å²) >= 11 is 0. The molecule has 3 rings (SSSR count). The zero-order valence-electron chi connectivity index (χ0n) is 15.4. The lowest BCUT2D eigenvalue weighted by Gasteiger charge is -2.48. The molecule has 1 N–H and O–H groups in total. The number of carbonyl (C=O) groups excluding carboxylic acids is 2. The van der Waals surface area contributed by atoms with Gasteiger partial charge in [-0.2, -0.15) is 0 Å². The summed E-state index contributed by atoms with van der Waals surface area (Å²) < 4.78 is 0. The molecule has 2 fully saturated rings. The van der Waals surface area contributed by atoms with E-state index < -0.39 is 0 Å². The minimum Gasteiger partial charge on any atom is -0.396 e. The van der Waals surface area contributed by atoms with Crippen molar-refractivity contribution in [2.45, 2.75) is 44.9 Å². The van der Waals surface area contributed by atoms with Gasteiger partial charge < -0.3 is 14.9 Å². The summed E-state index contributed by atoms with van der Waals surface area (Å²) in [7, 11) is 0. The number of hydrogen-bond donors (Lipinski definition) is 1. The van der Waals surface area contributed by atoms with Crippen LogP contribution in [0.5, 0.6) is 0 Å². The zero-order chi connectivity index (χ0) is 18.4. The molecule has 2 saturated heterocycles. The maximum absolute atomic E-state index is 12.7. The fourth-order valence-corrected chi connectivity index (χ4v) is 4.28. The van der Waals surface area contributed by atoms with Crippen molar-refractivity contribution >= 4 is 11.8 Å². The fourth-order valence-electron chi connectivity index (χ4n) is 4.28. The van der Waals surface area contributed by atoms with E-state index in [1.807, 2.05) is 21.9 Å². The molecule has 6 nitrogen and oxygen atoms in total. The number of likely N-dealkylation sites (tertiary alicyclic amines) is 2. The number of pyridine rings is 1. The summed E-state index contributed by atoms with van der Waals surface area (Å²) in [5, 5.41) is 9.06. The lowest BCUT2D eigenvalue weighted by molar-refractivity contribution is -0.143. The molecule has 6 heteroatoms. The first-order chi connectivity index (χ1) is 12.6. The molecule has 2 amide bonds. The van der Waals surface area contributed by atoms with Crippen LogP contribution >= 0.6 is 0 Å². The molecule has 142 valence electrons. The summed E-state index contributed by atoms with van der Waals surface area (Å²) in [4.78, 5) is 32.8. The van der Waals surface area contributed by atoms with Crippen molar-refractivity contribution in [2.75, 3.05) is 32.8 Å². The Balaban J connectivity index is 1.57. The molecule has 0 aromatic carbocycles. The molecule has 26 heavy (non-hydrogen) atoms. The molecule has 1 atom stereocenters. The topological polar surface area (TPSA) is 73.7 Å². The van der Waals surface area contributed by atoms with Crippen LogP contribution in [-0.4, -0.2) is 64.5 Å². The molecule has 1 aromatic heterocycles. The maximum Gasteiger partial charge on any atom is 0.222 e. The molecule has 0 saturated carbocycles. The van der Waals surface area contributed by atoms with E-state index in [1.165, 1.54) is 0 Å². The van der Waals surface area contributed by atoms with Crippen LogP contribution in [0.15, 0.2) is 24.5 Å². The number of nitrogens with zero attached hydrogens (tertiary/aromatic N) is 3. The number of aryl methyl sites for hydroxylation is 1. The smallest absolute Gasteiger partial charge is 0.222 e. The first-order valence-electron chi connectivity index (χ1n) is 9.67. The number of aromatic nitrogens is 1. The summed E-state index contributed by atoms with van der Waals surface area (Å²) in [5.74, 6) is 0.393. The van der Waals surface area contributed by atoms with Crippen molar-refractivity contribution in [3.8, 4) is 0 Å². The lowest BCUT2D eigenvalue weighted by Crippen LogP contribution is -2.55. The van der Waals surface area contributed by atoms with Crippen LogP contribution in [0.3, 0.4) is 0 Å². The van der Waals surface area contributed by atoms with Gasteiger partial charge in [-0.25, -0.2) is 0 Å². The maximum atomic E-state index is 12.7. The Morgan fingerprint density at radius 2 is 2.04 bits per heavy atom. The van der Waals surface area contributed by atoms with Crippen molar-refractivity contribution in [1.29, 1.82) is 0 Å². The first kappa shape index (κ1) is 18.8. The van der Waals surface area contributed by atoms with Crippen molar-refractivity contribution in [2.24, 2.45) is 5.41 Å². The van der Waals surface area contributed by atoms with Gasteiger partial charge in [-0.1, -0.05) is 0 Å². The Morgan fingerprint density at radius 1 is 1.23 bits per heavy atom. The number of amides is 2. The van der Waals surface area contributed by atoms with E-state index in [4.69, 9.17) is 5.11 Å². The average Bonchev–Trinajstić information content (AvgIpc) is 2.68. The van der Waals surface area contributed by atoms with Crippen LogP contribution in [-0.2, 0) is 16.0 Å². The van der Waals surface area contributed by atoms with Gasteiger partial charge in [-0.15, -0.1) is 0 Å². The van der Waals surface area contributed by atoms with Crippen molar-refractivity contribution in [1.82, 2.24) is 14.8 Å². The van der Waals surface area contributed by atoms with Crippen LogP contribution < -0.4 is 0 Å². The van der Waals surface area contributed by atoms with Crippen LogP contribution in [0.1, 0.15) is 44.1 Å². The third kappa shape index (κ3) is 4.61. The molecular formula is C20H29N3O3. The predicted octanol–water partition coefficient (Wildman–Crippen LogP) is 1.63. The van der Waals surface area contributed by atoms with Gasteiger partial charge in [0.25, 0.3) is 0 Å². The Labute approximate surface area is 155 Å². The van der Waals surface area contributed by atoms with E-state index in [0.717, 1.165) is 50.9 Å². The molecule has 0 bridgehead atoms. The van der Waals surface area contributed by atoms with E-state index >= 15 is 0 Å². The number of hydrogen-bond acceptors (Lipinski definition) is 4. The van der Waals surface area contributed by atoms with Gasteiger partial charge in [0, 0.05) is 63.4 Å². The van der Waals surface area contributed by atoms with Gasteiger partial charge in [0.2, 0.25) is 11.8 Å². The van der Waals surface area contributed by atoms with E-state index in [2.05, 4.69) is 4.98 Å². The van der Waals surface area contributed by atoms with Crippen molar-refractivity contribution in [3.05, 3.63) is 30.1 Å². The van der Waals surface area contributed by atoms with Crippen molar-refractivity contribution in [3.63, 3.8) is 0 Å². The minimum absolute atomic E-state index is 0.0357. The molecule has 2 aliphatic rings. The van der Waals surface area contributed by atoms with Gasteiger partial charge in [0.15, 0.2) is 0 Å². The van der Waals surface area contributed by atoms with Crippen LogP contribution in [0.2, 0.25) is 0 Å². The van der Waals surface area contributed by atoms with Gasteiger partial charge in [0.05, 0.1) is 0 Å². The third-order valence-electron chi connectivity index (χ3n) is 5.73. The number of piperidine rings is 2. The normalized spacial score (nSPS) is 23.5. The van der Waals surface area contributed by atoms with Gasteiger partial charge in [-0.3, -0.25) is 14.6 Å². The number of rotatable bonds is 6. The third-order valence-corrected chi connectivity index (χ3v) is 5.73. The molecule has 2 aliphatic heterocycles. The fraction of sp³-hybridized carbons (Fsp3) is 0.650. The second-order valence-electron chi connectivity index (χ2n) is 7.67. The summed E-state index contributed by atoms with van der Waals surface area (Å²) in [5.41, 5.74) is 1.17. The van der Waals surface area contributed by atoms with Crippen LogP contribution in [0, 0.1) is 5.41 Å². The molecule has 0 radical (unpaired) electrons. The Bertz CT molecular complexity index is 622. The summed E-state index contributed by atoms with van der Waals surface area (Å²) in [6.45, 7) is 3.02.